The Kier molecular flexibility index (Phi) is 5.68. The zero-order chi connectivity index (χ0) is 17.1. The first-order valence-electron chi connectivity index (χ1n) is 7.75. The molecular formula is C17H22BrNO4. The minimum absolute atomic E-state index is 0.150. The highest BCUT2D eigenvalue weighted by molar-refractivity contribution is 9.10. The quantitative estimate of drug-likeness (QED) is 0.784. The van der Waals surface area contributed by atoms with Crippen molar-refractivity contribution in [3.05, 3.63) is 28.2 Å². The second kappa shape index (κ2) is 7.34. The third kappa shape index (κ3) is 4.70. The van der Waals surface area contributed by atoms with Crippen LogP contribution in [-0.2, 0) is 9.59 Å². The van der Waals surface area contributed by atoms with Crippen LogP contribution in [0.1, 0.15) is 32.3 Å². The van der Waals surface area contributed by atoms with Crippen molar-refractivity contribution < 1.29 is 19.4 Å². The number of aliphatic carboxylic acids is 1. The molecule has 0 heterocycles. The summed E-state index contributed by atoms with van der Waals surface area (Å²) < 4.78 is 6.58. The normalized spacial score (nSPS) is 16.5. The molecule has 1 amide bonds. The number of nitrogens with zero attached hydrogens (tertiary/aromatic N) is 1. The van der Waals surface area contributed by atoms with Crippen LogP contribution in [0.3, 0.4) is 0 Å². The highest BCUT2D eigenvalue weighted by Crippen LogP contribution is 2.30. The summed E-state index contributed by atoms with van der Waals surface area (Å²) >= 11 is 3.43. The Bertz CT molecular complexity index is 600. The Balaban J connectivity index is 2.05. The third-order valence-electron chi connectivity index (χ3n) is 3.90. The molecular weight excluding hydrogens is 362 g/mol. The number of amides is 1. The number of aryl methyl sites for hydroxylation is 1. The van der Waals surface area contributed by atoms with E-state index >= 15 is 0 Å². The van der Waals surface area contributed by atoms with Gasteiger partial charge in [0.15, 0.2) is 6.10 Å². The lowest BCUT2D eigenvalue weighted by molar-refractivity contribution is -0.145. The zero-order valence-electron chi connectivity index (χ0n) is 13.6. The monoisotopic (exact) mass is 383 g/mol. The molecule has 5 nitrogen and oxygen atoms in total. The van der Waals surface area contributed by atoms with E-state index in [1.807, 2.05) is 25.1 Å². The zero-order valence-corrected chi connectivity index (χ0v) is 15.2. The van der Waals surface area contributed by atoms with Gasteiger partial charge in [0.25, 0.3) is 5.91 Å². The van der Waals surface area contributed by atoms with Gasteiger partial charge in [0.2, 0.25) is 0 Å². The van der Waals surface area contributed by atoms with Crippen molar-refractivity contribution in [1.29, 1.82) is 0 Å². The van der Waals surface area contributed by atoms with Gasteiger partial charge in [-0.1, -0.05) is 13.0 Å². The molecule has 1 fully saturated rings. The van der Waals surface area contributed by atoms with Crippen LogP contribution in [0.2, 0.25) is 0 Å². The number of carbonyl (C=O) groups excluding carboxylic acids is 1. The summed E-state index contributed by atoms with van der Waals surface area (Å²) in [5.41, 5.74) is 1.10. The number of hydrogen-bond donors (Lipinski definition) is 1. The molecule has 2 atom stereocenters. The third-order valence-corrected chi connectivity index (χ3v) is 4.52. The molecule has 0 aliphatic heterocycles. The number of rotatable bonds is 7. The molecule has 2 rings (SSSR count). The first-order chi connectivity index (χ1) is 10.8. The van der Waals surface area contributed by atoms with E-state index in [0.717, 1.165) is 22.9 Å². The summed E-state index contributed by atoms with van der Waals surface area (Å²) in [5, 5.41) is 9.08. The molecule has 1 saturated carbocycles. The average molecular weight is 384 g/mol. The van der Waals surface area contributed by atoms with E-state index in [9.17, 15) is 9.59 Å². The van der Waals surface area contributed by atoms with Gasteiger partial charge in [-0.2, -0.15) is 0 Å². The number of ether oxygens (including phenoxy) is 1. The van der Waals surface area contributed by atoms with Crippen LogP contribution in [0.15, 0.2) is 22.7 Å². The van der Waals surface area contributed by atoms with E-state index in [-0.39, 0.29) is 18.5 Å². The van der Waals surface area contributed by atoms with E-state index in [4.69, 9.17) is 9.84 Å². The molecule has 0 radical (unpaired) electrons. The van der Waals surface area contributed by atoms with Gasteiger partial charge in [-0.3, -0.25) is 9.59 Å². The second-order valence-electron chi connectivity index (χ2n) is 6.16. The van der Waals surface area contributed by atoms with Crippen molar-refractivity contribution >= 4 is 27.8 Å². The fourth-order valence-corrected chi connectivity index (χ4v) is 2.94. The van der Waals surface area contributed by atoms with Gasteiger partial charge in [-0.05, 0) is 60.3 Å². The Morgan fingerprint density at radius 3 is 2.57 bits per heavy atom. The van der Waals surface area contributed by atoms with Crippen molar-refractivity contribution in [2.45, 2.75) is 45.8 Å². The fraction of sp³-hybridized carbons (Fsp3) is 0.529. The predicted molar refractivity (Wildman–Crippen MR) is 90.5 cm³/mol. The number of carbonyl (C=O) groups is 2. The Hall–Kier alpha value is -1.56. The molecule has 1 aliphatic carbocycles. The molecule has 1 aromatic carbocycles. The lowest BCUT2D eigenvalue weighted by Gasteiger charge is -2.27. The smallest absolute Gasteiger partial charge is 0.308 e. The average Bonchev–Trinajstić information content (AvgIpc) is 3.31. The van der Waals surface area contributed by atoms with Crippen molar-refractivity contribution in [1.82, 2.24) is 4.90 Å². The molecule has 1 aromatic rings. The topological polar surface area (TPSA) is 66.8 Å². The minimum Gasteiger partial charge on any atom is -0.481 e. The highest BCUT2D eigenvalue weighted by atomic mass is 79.9. The summed E-state index contributed by atoms with van der Waals surface area (Å²) in [7, 11) is 0. The lowest BCUT2D eigenvalue weighted by Crippen LogP contribution is -2.45. The number of halogens is 1. The Labute approximate surface area is 144 Å². The number of carboxylic acids is 1. The van der Waals surface area contributed by atoms with Crippen molar-refractivity contribution in [3.8, 4) is 5.75 Å². The molecule has 23 heavy (non-hydrogen) atoms. The summed E-state index contributed by atoms with van der Waals surface area (Å²) in [4.78, 5) is 25.4. The SMILES string of the molecule is Cc1ccc(OC(C)C(=O)N(CC(C)C(=O)O)C2CC2)c(Br)c1. The standard InChI is InChI=1S/C17H22BrNO4/c1-10-4-7-15(14(18)8-10)23-12(3)16(20)19(13-5-6-13)9-11(2)17(21)22/h4,7-8,11-13H,5-6,9H2,1-3H3,(H,21,22). The predicted octanol–water partition coefficient (Wildman–Crippen LogP) is 3.24. The molecule has 1 N–H and O–H groups in total. The fourth-order valence-electron chi connectivity index (χ4n) is 2.35. The van der Waals surface area contributed by atoms with Crippen LogP contribution in [0.5, 0.6) is 5.75 Å². The molecule has 0 bridgehead atoms. The molecule has 0 spiro atoms. The van der Waals surface area contributed by atoms with E-state index in [1.54, 1.807) is 18.7 Å². The second-order valence-corrected chi connectivity index (χ2v) is 7.01. The lowest BCUT2D eigenvalue weighted by atomic mass is 10.1. The number of benzene rings is 1. The summed E-state index contributed by atoms with van der Waals surface area (Å²) in [6.07, 6.45) is 1.20. The number of hydrogen-bond acceptors (Lipinski definition) is 3. The minimum atomic E-state index is -0.890. The van der Waals surface area contributed by atoms with Crippen LogP contribution in [0.4, 0.5) is 0 Å². The van der Waals surface area contributed by atoms with Crippen molar-refractivity contribution in [2.75, 3.05) is 6.54 Å². The molecule has 0 saturated heterocycles. The van der Waals surface area contributed by atoms with E-state index in [2.05, 4.69) is 15.9 Å². The Morgan fingerprint density at radius 1 is 1.39 bits per heavy atom. The first-order valence-corrected chi connectivity index (χ1v) is 8.55. The maximum absolute atomic E-state index is 12.7. The van der Waals surface area contributed by atoms with Gasteiger partial charge in [0.1, 0.15) is 5.75 Å². The van der Waals surface area contributed by atoms with Crippen LogP contribution >= 0.6 is 15.9 Å². The largest absolute Gasteiger partial charge is 0.481 e. The summed E-state index contributed by atoms with van der Waals surface area (Å²) in [6, 6.07) is 5.82. The van der Waals surface area contributed by atoms with Gasteiger partial charge in [-0.15, -0.1) is 0 Å². The molecule has 1 aliphatic rings. The summed E-state index contributed by atoms with van der Waals surface area (Å²) in [6.45, 7) is 5.52. The molecule has 0 aromatic heterocycles. The first kappa shape index (κ1) is 17.8. The molecule has 126 valence electrons. The maximum atomic E-state index is 12.7. The van der Waals surface area contributed by atoms with Crippen LogP contribution in [0, 0.1) is 12.8 Å². The van der Waals surface area contributed by atoms with Gasteiger partial charge < -0.3 is 14.7 Å². The summed E-state index contributed by atoms with van der Waals surface area (Å²) in [5.74, 6) is -1.03. The van der Waals surface area contributed by atoms with E-state index in [1.165, 1.54) is 0 Å². The van der Waals surface area contributed by atoms with E-state index < -0.39 is 18.0 Å². The maximum Gasteiger partial charge on any atom is 0.308 e. The van der Waals surface area contributed by atoms with Crippen LogP contribution < -0.4 is 4.74 Å². The van der Waals surface area contributed by atoms with Gasteiger partial charge >= 0.3 is 5.97 Å². The highest BCUT2D eigenvalue weighted by Gasteiger charge is 2.37. The van der Waals surface area contributed by atoms with Gasteiger partial charge in [-0.25, -0.2) is 0 Å². The number of carboxylic acid groups (broad SMARTS) is 1. The Morgan fingerprint density at radius 2 is 2.04 bits per heavy atom. The van der Waals surface area contributed by atoms with Crippen molar-refractivity contribution in [3.63, 3.8) is 0 Å². The van der Waals surface area contributed by atoms with Gasteiger partial charge in [0, 0.05) is 12.6 Å². The van der Waals surface area contributed by atoms with Crippen LogP contribution in [-0.4, -0.2) is 40.6 Å². The molecule has 6 heteroatoms. The molecule has 2 unspecified atom stereocenters. The van der Waals surface area contributed by atoms with E-state index in [0.29, 0.717) is 5.75 Å². The van der Waals surface area contributed by atoms with Crippen molar-refractivity contribution in [2.24, 2.45) is 5.92 Å². The van der Waals surface area contributed by atoms with Gasteiger partial charge in [0.05, 0.1) is 10.4 Å². The van der Waals surface area contributed by atoms with Crippen LogP contribution in [0.25, 0.3) is 0 Å².